The molecule has 0 N–H and O–H groups in total. The van der Waals surface area contributed by atoms with E-state index in [1.54, 1.807) is 6.26 Å². The smallest absolute Gasteiger partial charge is 0.169 e. The van der Waals surface area contributed by atoms with Gasteiger partial charge in [-0.2, -0.15) is 0 Å². The molecular formula is C6H7IO. The zero-order chi connectivity index (χ0) is 5.98. The van der Waals surface area contributed by atoms with Crippen LogP contribution in [0.25, 0.3) is 0 Å². The van der Waals surface area contributed by atoms with Gasteiger partial charge in [-0.15, -0.1) is 0 Å². The average molecular weight is 222 g/mol. The number of hydrogen-bond donors (Lipinski definition) is 0. The molecule has 1 rings (SSSR count). The first kappa shape index (κ1) is 6.13. The molecule has 0 bridgehead atoms. The normalized spacial score (nSPS) is 26.8. The Labute approximate surface area is 62.6 Å². The van der Waals surface area contributed by atoms with Crippen molar-refractivity contribution in [3.63, 3.8) is 0 Å². The van der Waals surface area contributed by atoms with Crippen LogP contribution in [0.2, 0.25) is 0 Å². The van der Waals surface area contributed by atoms with Gasteiger partial charge in [-0.1, -0.05) is 6.08 Å². The fourth-order valence-electron chi connectivity index (χ4n) is 0.488. The van der Waals surface area contributed by atoms with Crippen molar-refractivity contribution in [1.82, 2.24) is 0 Å². The molecule has 0 aliphatic carbocycles. The van der Waals surface area contributed by atoms with Gasteiger partial charge in [0.25, 0.3) is 0 Å². The van der Waals surface area contributed by atoms with Crippen LogP contribution in [0, 0.1) is 0 Å². The van der Waals surface area contributed by atoms with Crippen LogP contribution >= 0.6 is 22.6 Å². The first-order valence-electron chi connectivity index (χ1n) is 2.43. The number of rotatable bonds is 0. The summed E-state index contributed by atoms with van der Waals surface area (Å²) in [4.78, 5) is 0. The van der Waals surface area contributed by atoms with Gasteiger partial charge in [-0.3, -0.25) is 0 Å². The molecule has 0 saturated carbocycles. The molecule has 0 aromatic rings. The Balaban J connectivity index is 2.66. The number of ether oxygens (including phenoxy) is 1. The lowest BCUT2D eigenvalue weighted by Gasteiger charge is -2.12. The first-order valence-corrected chi connectivity index (χ1v) is 3.68. The maximum atomic E-state index is 5.13. The fraction of sp³-hybridized carbons (Fsp3) is 0.333. The van der Waals surface area contributed by atoms with Crippen molar-refractivity contribution in [1.29, 1.82) is 0 Å². The molecule has 1 nitrogen and oxygen atoms in total. The Kier molecular flexibility index (Phi) is 1.94. The topological polar surface area (TPSA) is 9.23 Å². The minimum atomic E-state index is 0.248. The number of alkyl halides is 1. The zero-order valence-corrected chi connectivity index (χ0v) is 6.75. The Bertz CT molecular complexity index is 137. The number of halogens is 1. The van der Waals surface area contributed by atoms with E-state index < -0.39 is 0 Å². The van der Waals surface area contributed by atoms with E-state index in [2.05, 4.69) is 35.6 Å². The molecular weight excluding hydrogens is 215 g/mol. The average Bonchev–Trinajstić information content (AvgIpc) is 1.77. The SMILES string of the molecule is CC1=CC=COC1I. The van der Waals surface area contributed by atoms with Crippen LogP contribution in [0.4, 0.5) is 0 Å². The highest BCUT2D eigenvalue weighted by Crippen LogP contribution is 2.17. The third-order valence-corrected chi connectivity index (χ3v) is 2.27. The van der Waals surface area contributed by atoms with Crippen LogP contribution in [0.1, 0.15) is 6.92 Å². The summed E-state index contributed by atoms with van der Waals surface area (Å²) in [5, 5.41) is 0. The van der Waals surface area contributed by atoms with E-state index in [-0.39, 0.29) is 4.11 Å². The molecule has 0 radical (unpaired) electrons. The summed E-state index contributed by atoms with van der Waals surface area (Å²) in [5.74, 6) is 0. The van der Waals surface area contributed by atoms with Gasteiger partial charge >= 0.3 is 0 Å². The second kappa shape index (κ2) is 2.53. The van der Waals surface area contributed by atoms with E-state index in [1.807, 2.05) is 6.08 Å². The van der Waals surface area contributed by atoms with Gasteiger partial charge in [-0.05, 0) is 41.2 Å². The maximum absolute atomic E-state index is 5.13. The predicted octanol–water partition coefficient (Wildman–Crippen LogP) is 2.24. The van der Waals surface area contributed by atoms with Gasteiger partial charge in [-0.25, -0.2) is 0 Å². The summed E-state index contributed by atoms with van der Waals surface area (Å²) in [7, 11) is 0. The van der Waals surface area contributed by atoms with Crippen molar-refractivity contribution in [2.24, 2.45) is 0 Å². The lowest BCUT2D eigenvalue weighted by Crippen LogP contribution is -2.02. The molecule has 0 fully saturated rings. The third-order valence-electron chi connectivity index (χ3n) is 0.994. The van der Waals surface area contributed by atoms with Crippen LogP contribution in [-0.4, -0.2) is 4.11 Å². The second-order valence-corrected chi connectivity index (χ2v) is 2.82. The molecule has 1 aliphatic heterocycles. The predicted molar refractivity (Wildman–Crippen MR) is 41.8 cm³/mol. The monoisotopic (exact) mass is 222 g/mol. The summed E-state index contributed by atoms with van der Waals surface area (Å²) < 4.78 is 5.38. The van der Waals surface area contributed by atoms with Crippen LogP contribution in [0.3, 0.4) is 0 Å². The Morgan fingerprint density at radius 1 is 1.75 bits per heavy atom. The molecule has 0 aromatic carbocycles. The maximum Gasteiger partial charge on any atom is 0.169 e. The summed E-state index contributed by atoms with van der Waals surface area (Å²) in [5.41, 5.74) is 1.27. The number of allylic oxidation sites excluding steroid dienone is 2. The van der Waals surface area contributed by atoms with E-state index >= 15 is 0 Å². The molecule has 1 heterocycles. The molecule has 0 spiro atoms. The van der Waals surface area contributed by atoms with Crippen molar-refractivity contribution in [3.05, 3.63) is 24.0 Å². The quantitative estimate of drug-likeness (QED) is 0.451. The van der Waals surface area contributed by atoms with Gasteiger partial charge < -0.3 is 4.74 Å². The van der Waals surface area contributed by atoms with Gasteiger partial charge in [0, 0.05) is 0 Å². The number of hydrogen-bond acceptors (Lipinski definition) is 1. The van der Waals surface area contributed by atoms with E-state index in [0.29, 0.717) is 0 Å². The van der Waals surface area contributed by atoms with Crippen LogP contribution in [0.15, 0.2) is 24.0 Å². The largest absolute Gasteiger partial charge is 0.483 e. The van der Waals surface area contributed by atoms with E-state index in [0.717, 1.165) is 0 Å². The van der Waals surface area contributed by atoms with Gasteiger partial charge in [0.15, 0.2) is 4.11 Å². The van der Waals surface area contributed by atoms with Crippen LogP contribution < -0.4 is 0 Å². The first-order chi connectivity index (χ1) is 3.80. The third kappa shape index (κ3) is 1.24. The highest BCUT2D eigenvalue weighted by molar-refractivity contribution is 14.1. The summed E-state index contributed by atoms with van der Waals surface area (Å²) in [6, 6.07) is 0. The second-order valence-electron chi connectivity index (χ2n) is 1.69. The zero-order valence-electron chi connectivity index (χ0n) is 4.60. The van der Waals surface area contributed by atoms with Gasteiger partial charge in [0.05, 0.1) is 6.26 Å². The minimum Gasteiger partial charge on any atom is -0.483 e. The standard InChI is InChI=1S/C6H7IO/c1-5-3-2-4-8-6(5)7/h2-4,6H,1H3. The van der Waals surface area contributed by atoms with Crippen molar-refractivity contribution >= 4 is 22.6 Å². The van der Waals surface area contributed by atoms with Crippen molar-refractivity contribution in [3.8, 4) is 0 Å². The molecule has 0 saturated heterocycles. The fourth-order valence-corrected chi connectivity index (χ4v) is 0.865. The van der Waals surface area contributed by atoms with E-state index in [4.69, 9.17) is 4.74 Å². The summed E-state index contributed by atoms with van der Waals surface area (Å²) in [6.07, 6.45) is 5.68. The molecule has 44 valence electrons. The molecule has 1 unspecified atom stereocenters. The van der Waals surface area contributed by atoms with Crippen molar-refractivity contribution in [2.45, 2.75) is 11.0 Å². The van der Waals surface area contributed by atoms with E-state index in [1.165, 1.54) is 5.57 Å². The van der Waals surface area contributed by atoms with Crippen molar-refractivity contribution < 1.29 is 4.74 Å². The van der Waals surface area contributed by atoms with Crippen molar-refractivity contribution in [2.75, 3.05) is 0 Å². The van der Waals surface area contributed by atoms with Crippen LogP contribution in [-0.2, 0) is 4.74 Å². The highest BCUT2D eigenvalue weighted by atomic mass is 127. The molecule has 0 aromatic heterocycles. The highest BCUT2D eigenvalue weighted by Gasteiger charge is 2.05. The lowest BCUT2D eigenvalue weighted by molar-refractivity contribution is 0.260. The molecule has 2 heteroatoms. The summed E-state index contributed by atoms with van der Waals surface area (Å²) in [6.45, 7) is 2.06. The Morgan fingerprint density at radius 2 is 2.50 bits per heavy atom. The summed E-state index contributed by atoms with van der Waals surface area (Å²) >= 11 is 2.24. The van der Waals surface area contributed by atoms with Gasteiger partial charge in [0.2, 0.25) is 0 Å². The van der Waals surface area contributed by atoms with Crippen LogP contribution in [0.5, 0.6) is 0 Å². The lowest BCUT2D eigenvalue weighted by atomic mass is 10.3. The Hall–Kier alpha value is 0.0100. The molecule has 0 amide bonds. The molecule has 1 aliphatic rings. The Morgan fingerprint density at radius 3 is 2.88 bits per heavy atom. The minimum absolute atomic E-state index is 0.248. The van der Waals surface area contributed by atoms with E-state index in [9.17, 15) is 0 Å². The van der Waals surface area contributed by atoms with Gasteiger partial charge in [0.1, 0.15) is 0 Å². The molecule has 8 heavy (non-hydrogen) atoms. The molecule has 1 atom stereocenters.